The molecule has 0 radical (unpaired) electrons. The molecule has 1 fully saturated rings. The lowest BCUT2D eigenvalue weighted by atomic mass is 9.72. The number of hydrogen-bond acceptors (Lipinski definition) is 1. The molecule has 1 aromatic carbocycles. The summed E-state index contributed by atoms with van der Waals surface area (Å²) in [5.74, 6) is 0. The van der Waals surface area contributed by atoms with E-state index in [1.807, 2.05) is 18.2 Å². The van der Waals surface area contributed by atoms with Gasteiger partial charge >= 0.3 is 0 Å². The number of rotatable bonds is 2. The molecule has 94 valence electrons. The molecule has 1 aliphatic rings. The predicted molar refractivity (Wildman–Crippen MR) is 74.7 cm³/mol. The lowest BCUT2D eigenvalue weighted by molar-refractivity contribution is 0.207. The molecule has 0 heterocycles. The van der Waals surface area contributed by atoms with Gasteiger partial charge in [-0.05, 0) is 42.4 Å². The Hall–Kier alpha value is -0.240. The minimum absolute atomic E-state index is 0.148. The smallest absolute Gasteiger partial charge is 0.0453 e. The Bertz CT molecular complexity index is 408. The second-order valence-corrected chi connectivity index (χ2v) is 6.58. The quantitative estimate of drug-likeness (QED) is 0.846. The zero-order valence-corrected chi connectivity index (χ0v) is 11.9. The monoisotopic (exact) mass is 271 g/mol. The van der Waals surface area contributed by atoms with E-state index in [1.54, 1.807) is 0 Å². The summed E-state index contributed by atoms with van der Waals surface area (Å²) in [6.07, 6.45) is 4.16. The molecule has 1 saturated carbocycles. The zero-order valence-electron chi connectivity index (χ0n) is 10.4. The van der Waals surface area contributed by atoms with Crippen molar-refractivity contribution in [2.24, 2.45) is 11.1 Å². The van der Waals surface area contributed by atoms with Gasteiger partial charge in [0.1, 0.15) is 0 Å². The fourth-order valence-electron chi connectivity index (χ4n) is 2.78. The summed E-state index contributed by atoms with van der Waals surface area (Å²) in [4.78, 5) is 0. The van der Waals surface area contributed by atoms with E-state index >= 15 is 0 Å². The van der Waals surface area contributed by atoms with Crippen LogP contribution in [0, 0.1) is 5.41 Å². The molecule has 17 heavy (non-hydrogen) atoms. The van der Waals surface area contributed by atoms with Crippen LogP contribution >= 0.6 is 23.2 Å². The van der Waals surface area contributed by atoms with E-state index in [-0.39, 0.29) is 11.0 Å². The van der Waals surface area contributed by atoms with Gasteiger partial charge < -0.3 is 5.73 Å². The van der Waals surface area contributed by atoms with Crippen molar-refractivity contribution in [2.45, 2.75) is 45.1 Å². The maximum absolute atomic E-state index is 6.59. The summed E-state index contributed by atoms with van der Waals surface area (Å²) >= 11 is 12.4. The second kappa shape index (κ2) is 4.46. The third-order valence-electron chi connectivity index (χ3n) is 4.33. The first kappa shape index (κ1) is 13.2. The van der Waals surface area contributed by atoms with E-state index < -0.39 is 0 Å². The first-order valence-corrected chi connectivity index (χ1v) is 6.83. The molecule has 1 nitrogen and oxygen atoms in total. The van der Waals surface area contributed by atoms with Crippen molar-refractivity contribution in [3.63, 3.8) is 0 Å². The summed E-state index contributed by atoms with van der Waals surface area (Å²) in [6.45, 7) is 4.48. The van der Waals surface area contributed by atoms with E-state index in [1.165, 1.54) is 12.8 Å². The molecule has 0 aliphatic heterocycles. The normalized spacial score (nSPS) is 27.4. The summed E-state index contributed by atoms with van der Waals surface area (Å²) in [7, 11) is 0. The number of hydrogen-bond donors (Lipinski definition) is 1. The minimum Gasteiger partial charge on any atom is -0.324 e. The van der Waals surface area contributed by atoms with Gasteiger partial charge in [0.05, 0.1) is 0 Å². The Labute approximate surface area is 113 Å². The molecular formula is C14H19Cl2N. The highest BCUT2D eigenvalue weighted by molar-refractivity contribution is 6.36. The molecular weight excluding hydrogens is 253 g/mol. The molecule has 0 spiro atoms. The molecule has 0 saturated heterocycles. The van der Waals surface area contributed by atoms with Crippen molar-refractivity contribution in [1.29, 1.82) is 0 Å². The zero-order chi connectivity index (χ0) is 12.7. The maximum atomic E-state index is 6.59. The summed E-state index contributed by atoms with van der Waals surface area (Å²) in [5, 5.41) is 1.45. The topological polar surface area (TPSA) is 26.0 Å². The first-order valence-electron chi connectivity index (χ1n) is 6.07. The van der Waals surface area contributed by atoms with Gasteiger partial charge in [-0.3, -0.25) is 0 Å². The van der Waals surface area contributed by atoms with Crippen LogP contribution in [0.1, 0.15) is 38.7 Å². The van der Waals surface area contributed by atoms with Gasteiger partial charge in [-0.2, -0.15) is 0 Å². The van der Waals surface area contributed by atoms with E-state index in [0.717, 1.165) is 28.5 Å². The fourth-order valence-corrected chi connectivity index (χ4v) is 3.31. The summed E-state index contributed by atoms with van der Waals surface area (Å²) in [6, 6.07) is 5.64. The molecule has 0 aromatic heterocycles. The highest BCUT2D eigenvalue weighted by atomic mass is 35.5. The molecule has 1 unspecified atom stereocenters. The van der Waals surface area contributed by atoms with Gasteiger partial charge in [-0.15, -0.1) is 0 Å². The van der Waals surface area contributed by atoms with Crippen LogP contribution in [0.25, 0.3) is 0 Å². The average Bonchev–Trinajstić information content (AvgIpc) is 2.48. The highest BCUT2D eigenvalue weighted by Crippen LogP contribution is 2.47. The molecule has 1 aliphatic carbocycles. The van der Waals surface area contributed by atoms with Gasteiger partial charge in [0, 0.05) is 15.6 Å². The Balaban J connectivity index is 2.33. The molecule has 3 heteroatoms. The Morgan fingerprint density at radius 3 is 2.24 bits per heavy atom. The van der Waals surface area contributed by atoms with E-state index in [9.17, 15) is 0 Å². The van der Waals surface area contributed by atoms with Gasteiger partial charge in [0.2, 0.25) is 0 Å². The van der Waals surface area contributed by atoms with Crippen molar-refractivity contribution in [3.05, 3.63) is 33.8 Å². The SMILES string of the molecule is CC1(C)CCCC1(N)Cc1c(Cl)cccc1Cl. The standard InChI is InChI=1S/C14H19Cl2N/c1-13(2)7-4-8-14(13,17)9-10-11(15)5-3-6-12(10)16/h3,5-6H,4,7-9,17H2,1-2H3. The Kier molecular flexibility index (Phi) is 3.46. The Morgan fingerprint density at radius 2 is 1.76 bits per heavy atom. The van der Waals surface area contributed by atoms with Crippen molar-refractivity contribution >= 4 is 23.2 Å². The molecule has 0 bridgehead atoms. The first-order chi connectivity index (χ1) is 7.86. The number of benzene rings is 1. The van der Waals surface area contributed by atoms with E-state index in [4.69, 9.17) is 28.9 Å². The van der Waals surface area contributed by atoms with Crippen molar-refractivity contribution in [2.75, 3.05) is 0 Å². The van der Waals surface area contributed by atoms with Crippen LogP contribution < -0.4 is 5.73 Å². The van der Waals surface area contributed by atoms with Crippen molar-refractivity contribution in [3.8, 4) is 0 Å². The highest BCUT2D eigenvalue weighted by Gasteiger charge is 2.46. The fraction of sp³-hybridized carbons (Fsp3) is 0.571. The maximum Gasteiger partial charge on any atom is 0.0453 e. The van der Waals surface area contributed by atoms with Crippen LogP contribution in [0.5, 0.6) is 0 Å². The molecule has 1 atom stereocenters. The lowest BCUT2D eigenvalue weighted by Crippen LogP contribution is -2.50. The lowest BCUT2D eigenvalue weighted by Gasteiger charge is -2.38. The van der Waals surface area contributed by atoms with Crippen LogP contribution in [0.2, 0.25) is 10.0 Å². The third-order valence-corrected chi connectivity index (χ3v) is 5.03. The predicted octanol–water partition coefficient (Wildman–Crippen LogP) is 4.44. The third kappa shape index (κ3) is 2.33. The summed E-state index contributed by atoms with van der Waals surface area (Å²) < 4.78 is 0. The van der Waals surface area contributed by atoms with Crippen molar-refractivity contribution in [1.82, 2.24) is 0 Å². The van der Waals surface area contributed by atoms with E-state index in [2.05, 4.69) is 13.8 Å². The van der Waals surface area contributed by atoms with Crippen LogP contribution in [0.3, 0.4) is 0 Å². The van der Waals surface area contributed by atoms with Crippen LogP contribution in [0.15, 0.2) is 18.2 Å². The summed E-state index contributed by atoms with van der Waals surface area (Å²) in [5.41, 5.74) is 7.54. The molecule has 2 rings (SSSR count). The largest absolute Gasteiger partial charge is 0.324 e. The van der Waals surface area contributed by atoms with Gasteiger partial charge in [0.25, 0.3) is 0 Å². The second-order valence-electron chi connectivity index (χ2n) is 5.77. The van der Waals surface area contributed by atoms with Crippen LogP contribution in [-0.2, 0) is 6.42 Å². The van der Waals surface area contributed by atoms with Crippen molar-refractivity contribution < 1.29 is 0 Å². The van der Waals surface area contributed by atoms with Crippen LogP contribution in [-0.4, -0.2) is 5.54 Å². The molecule has 2 N–H and O–H groups in total. The van der Waals surface area contributed by atoms with Gasteiger partial charge in [-0.1, -0.05) is 49.5 Å². The number of nitrogens with two attached hydrogens (primary N) is 1. The van der Waals surface area contributed by atoms with Crippen LogP contribution in [0.4, 0.5) is 0 Å². The Morgan fingerprint density at radius 1 is 1.18 bits per heavy atom. The van der Waals surface area contributed by atoms with E-state index in [0.29, 0.717) is 0 Å². The minimum atomic E-state index is -0.193. The average molecular weight is 272 g/mol. The number of halogens is 2. The van der Waals surface area contributed by atoms with Gasteiger partial charge in [0.15, 0.2) is 0 Å². The molecule has 1 aromatic rings. The molecule has 0 amide bonds. The van der Waals surface area contributed by atoms with Gasteiger partial charge in [-0.25, -0.2) is 0 Å².